The lowest BCUT2D eigenvalue weighted by molar-refractivity contribution is -0.384. The highest BCUT2D eigenvalue weighted by Gasteiger charge is 2.36. The van der Waals surface area contributed by atoms with Crippen LogP contribution < -0.4 is 10.1 Å². The van der Waals surface area contributed by atoms with Gasteiger partial charge in [0.1, 0.15) is 5.75 Å². The van der Waals surface area contributed by atoms with E-state index in [1.54, 1.807) is 26.4 Å². The quantitative estimate of drug-likeness (QED) is 0.612. The number of benzene rings is 1. The Morgan fingerprint density at radius 1 is 1.40 bits per heavy atom. The van der Waals surface area contributed by atoms with Crippen LogP contribution >= 0.6 is 0 Å². The molecule has 6 nitrogen and oxygen atoms in total. The molecule has 1 N–H and O–H groups in total. The number of nitro groups is 1. The van der Waals surface area contributed by atoms with Gasteiger partial charge in [-0.15, -0.1) is 0 Å². The van der Waals surface area contributed by atoms with Crippen molar-refractivity contribution >= 4 is 5.69 Å². The third kappa shape index (κ3) is 3.08. The number of rotatable bonds is 7. The van der Waals surface area contributed by atoms with E-state index in [0.29, 0.717) is 12.3 Å². The standard InChI is InChI=1S/C14H20N2O4/c1-19-13-5-4-12(16(17)18)8-11(13)9-15-10-14(20-2)6-3-7-14/h4-5,8,15H,3,6-7,9-10H2,1-2H3. The highest BCUT2D eigenvalue weighted by atomic mass is 16.6. The Morgan fingerprint density at radius 2 is 2.15 bits per heavy atom. The molecule has 0 amide bonds. The lowest BCUT2D eigenvalue weighted by Crippen LogP contribution is -2.47. The molecule has 0 aliphatic heterocycles. The zero-order chi connectivity index (χ0) is 14.6. The van der Waals surface area contributed by atoms with Gasteiger partial charge in [0.25, 0.3) is 5.69 Å². The van der Waals surface area contributed by atoms with Crippen LogP contribution in [-0.2, 0) is 11.3 Å². The number of nitrogens with zero attached hydrogens (tertiary/aromatic N) is 1. The van der Waals surface area contributed by atoms with Crippen LogP contribution in [0.2, 0.25) is 0 Å². The van der Waals surface area contributed by atoms with Gasteiger partial charge in [-0.05, 0) is 25.3 Å². The van der Waals surface area contributed by atoms with Crippen LogP contribution in [0.3, 0.4) is 0 Å². The van der Waals surface area contributed by atoms with Crippen molar-refractivity contribution in [2.24, 2.45) is 0 Å². The largest absolute Gasteiger partial charge is 0.496 e. The van der Waals surface area contributed by atoms with Gasteiger partial charge in [-0.2, -0.15) is 0 Å². The molecule has 0 spiro atoms. The number of non-ortho nitro benzene ring substituents is 1. The predicted molar refractivity (Wildman–Crippen MR) is 74.9 cm³/mol. The topological polar surface area (TPSA) is 73.6 Å². The van der Waals surface area contributed by atoms with Crippen LogP contribution in [0, 0.1) is 10.1 Å². The van der Waals surface area contributed by atoms with Gasteiger partial charge >= 0.3 is 0 Å². The van der Waals surface area contributed by atoms with Gasteiger partial charge in [0.2, 0.25) is 0 Å². The molecule has 1 fully saturated rings. The van der Waals surface area contributed by atoms with E-state index >= 15 is 0 Å². The summed E-state index contributed by atoms with van der Waals surface area (Å²) >= 11 is 0. The van der Waals surface area contributed by atoms with Crippen molar-refractivity contribution in [3.63, 3.8) is 0 Å². The molecule has 0 unspecified atom stereocenters. The summed E-state index contributed by atoms with van der Waals surface area (Å²) in [6, 6.07) is 4.63. The molecular formula is C14H20N2O4. The first-order valence-corrected chi connectivity index (χ1v) is 6.67. The average Bonchev–Trinajstić information content (AvgIpc) is 2.41. The first kappa shape index (κ1) is 14.7. The van der Waals surface area contributed by atoms with Gasteiger partial charge < -0.3 is 14.8 Å². The lowest BCUT2D eigenvalue weighted by Gasteiger charge is -2.40. The smallest absolute Gasteiger partial charge is 0.270 e. The molecule has 0 aromatic heterocycles. The fourth-order valence-electron chi connectivity index (χ4n) is 2.47. The van der Waals surface area contributed by atoms with Crippen molar-refractivity contribution in [3.8, 4) is 5.75 Å². The van der Waals surface area contributed by atoms with Crippen LogP contribution in [0.1, 0.15) is 24.8 Å². The Hall–Kier alpha value is -1.66. The summed E-state index contributed by atoms with van der Waals surface area (Å²) in [5.74, 6) is 0.656. The van der Waals surface area contributed by atoms with E-state index in [1.165, 1.54) is 12.5 Å². The number of nitro benzene ring substituents is 1. The van der Waals surface area contributed by atoms with E-state index in [-0.39, 0.29) is 11.3 Å². The zero-order valence-corrected chi connectivity index (χ0v) is 11.8. The number of ether oxygens (including phenoxy) is 2. The van der Waals surface area contributed by atoms with E-state index in [1.807, 2.05) is 0 Å². The van der Waals surface area contributed by atoms with Gasteiger partial charge in [0.05, 0.1) is 17.6 Å². The minimum absolute atomic E-state index is 0.0616. The van der Waals surface area contributed by atoms with E-state index < -0.39 is 4.92 Å². The normalized spacial score (nSPS) is 16.5. The molecule has 0 atom stereocenters. The van der Waals surface area contributed by atoms with E-state index in [4.69, 9.17) is 9.47 Å². The summed E-state index contributed by atoms with van der Waals surface area (Å²) in [5, 5.41) is 14.1. The minimum Gasteiger partial charge on any atom is -0.496 e. The van der Waals surface area contributed by atoms with Crippen LogP contribution in [0.25, 0.3) is 0 Å². The highest BCUT2D eigenvalue weighted by molar-refractivity contribution is 5.43. The molecule has 0 bridgehead atoms. The van der Waals surface area contributed by atoms with Gasteiger partial charge in [0, 0.05) is 37.9 Å². The highest BCUT2D eigenvalue weighted by Crippen LogP contribution is 2.34. The molecule has 0 radical (unpaired) electrons. The second-order valence-electron chi connectivity index (χ2n) is 5.10. The molecular weight excluding hydrogens is 260 g/mol. The van der Waals surface area contributed by atoms with Crippen molar-refractivity contribution in [2.75, 3.05) is 20.8 Å². The molecule has 1 saturated carbocycles. The third-order valence-corrected chi connectivity index (χ3v) is 3.94. The first-order valence-electron chi connectivity index (χ1n) is 6.67. The number of hydrogen-bond acceptors (Lipinski definition) is 5. The fraction of sp³-hybridized carbons (Fsp3) is 0.571. The SMILES string of the molecule is COc1ccc([N+](=O)[O-])cc1CNCC1(OC)CCC1. The Labute approximate surface area is 118 Å². The van der Waals surface area contributed by atoms with Crippen LogP contribution in [0.15, 0.2) is 18.2 Å². The molecule has 2 rings (SSSR count). The maximum absolute atomic E-state index is 10.8. The minimum atomic E-state index is -0.397. The first-order chi connectivity index (χ1) is 9.60. The monoisotopic (exact) mass is 280 g/mol. The van der Waals surface area contributed by atoms with E-state index in [2.05, 4.69) is 5.32 Å². The van der Waals surface area contributed by atoms with Crippen molar-refractivity contribution in [2.45, 2.75) is 31.4 Å². The maximum Gasteiger partial charge on any atom is 0.270 e. The summed E-state index contributed by atoms with van der Waals surface area (Å²) in [7, 11) is 3.29. The maximum atomic E-state index is 10.8. The van der Waals surface area contributed by atoms with E-state index in [0.717, 1.165) is 24.9 Å². The Balaban J connectivity index is 2.00. The van der Waals surface area contributed by atoms with Gasteiger partial charge in [0.15, 0.2) is 0 Å². The Bertz CT molecular complexity index is 481. The molecule has 1 aromatic rings. The van der Waals surface area contributed by atoms with Crippen molar-refractivity contribution in [1.82, 2.24) is 5.32 Å². The second-order valence-corrected chi connectivity index (χ2v) is 5.10. The molecule has 1 aliphatic carbocycles. The summed E-state index contributed by atoms with van der Waals surface area (Å²) in [6.07, 6.45) is 3.31. The molecule has 0 heterocycles. The summed E-state index contributed by atoms with van der Waals surface area (Å²) in [4.78, 5) is 10.4. The van der Waals surface area contributed by atoms with Crippen molar-refractivity contribution in [3.05, 3.63) is 33.9 Å². The third-order valence-electron chi connectivity index (χ3n) is 3.94. The number of hydrogen-bond donors (Lipinski definition) is 1. The number of methoxy groups -OCH3 is 2. The van der Waals surface area contributed by atoms with Gasteiger partial charge in [-0.3, -0.25) is 10.1 Å². The van der Waals surface area contributed by atoms with Crippen molar-refractivity contribution in [1.29, 1.82) is 0 Å². The summed E-state index contributed by atoms with van der Waals surface area (Å²) < 4.78 is 10.8. The van der Waals surface area contributed by atoms with Gasteiger partial charge in [-0.1, -0.05) is 0 Å². The predicted octanol–water partition coefficient (Wildman–Crippen LogP) is 2.26. The van der Waals surface area contributed by atoms with Gasteiger partial charge in [-0.25, -0.2) is 0 Å². The van der Waals surface area contributed by atoms with Crippen molar-refractivity contribution < 1.29 is 14.4 Å². The molecule has 1 aliphatic rings. The Morgan fingerprint density at radius 3 is 2.65 bits per heavy atom. The fourth-order valence-corrected chi connectivity index (χ4v) is 2.47. The summed E-state index contributed by atoms with van der Waals surface area (Å²) in [5.41, 5.74) is 0.800. The Kier molecular flexibility index (Phi) is 4.57. The molecule has 110 valence electrons. The number of nitrogens with one attached hydrogen (secondary N) is 1. The second kappa shape index (κ2) is 6.19. The summed E-state index contributed by atoms with van der Waals surface area (Å²) in [6.45, 7) is 1.27. The molecule has 20 heavy (non-hydrogen) atoms. The average molecular weight is 280 g/mol. The van der Waals surface area contributed by atoms with E-state index in [9.17, 15) is 10.1 Å². The van der Waals surface area contributed by atoms with Crippen LogP contribution in [-0.4, -0.2) is 31.3 Å². The zero-order valence-electron chi connectivity index (χ0n) is 11.8. The van der Waals surface area contributed by atoms with Crippen LogP contribution in [0.5, 0.6) is 5.75 Å². The molecule has 6 heteroatoms. The van der Waals surface area contributed by atoms with Crippen LogP contribution in [0.4, 0.5) is 5.69 Å². The molecule has 0 saturated heterocycles. The lowest BCUT2D eigenvalue weighted by atomic mass is 9.80. The molecule has 1 aromatic carbocycles.